The Morgan fingerprint density at radius 2 is 1.89 bits per heavy atom. The maximum Gasteiger partial charge on any atom is 0.329 e. The van der Waals surface area contributed by atoms with Gasteiger partial charge in [0.25, 0.3) is 5.56 Å². The molecule has 1 aliphatic rings. The van der Waals surface area contributed by atoms with Crippen LogP contribution in [0, 0.1) is 19.8 Å². The van der Waals surface area contributed by atoms with Gasteiger partial charge in [0.15, 0.2) is 0 Å². The molecular weight excluding hydrogens is 374 g/mol. The first-order valence-corrected chi connectivity index (χ1v) is 11.0. The van der Waals surface area contributed by atoms with Crippen molar-refractivity contribution < 1.29 is 9.53 Å². The Kier molecular flexibility index (Phi) is 6.55. The van der Waals surface area contributed by atoms with Crippen molar-refractivity contribution >= 4 is 27.5 Å². The first-order chi connectivity index (χ1) is 13.3. The van der Waals surface area contributed by atoms with Crippen molar-refractivity contribution in [2.24, 2.45) is 5.92 Å². The number of carbonyl (C=O) groups excluding carboxylic acids is 1. The second-order valence-corrected chi connectivity index (χ2v) is 9.38. The number of fused-ring (bicyclic) bond motifs is 1. The summed E-state index contributed by atoms with van der Waals surface area (Å²) in [5.41, 5.74) is 0.828. The third-order valence-corrected chi connectivity index (χ3v) is 6.64. The van der Waals surface area contributed by atoms with Crippen LogP contribution in [0.15, 0.2) is 4.79 Å². The zero-order valence-electron chi connectivity index (χ0n) is 17.6. The lowest BCUT2D eigenvalue weighted by Gasteiger charge is -2.21. The number of esters is 1. The number of thiophene rings is 1. The van der Waals surface area contributed by atoms with E-state index < -0.39 is 6.04 Å². The summed E-state index contributed by atoms with van der Waals surface area (Å²) in [6.45, 7) is 12.9. The maximum absolute atomic E-state index is 13.4. The summed E-state index contributed by atoms with van der Waals surface area (Å²) in [6.07, 6.45) is 3.14. The molecule has 0 N–H and O–H groups in total. The SMILES string of the molecule is Cc1sc2nc(CN3CCCC3)n(C(C)C(=O)OCCC(C)C)c(=O)c2c1C. The molecule has 0 aliphatic carbocycles. The van der Waals surface area contributed by atoms with E-state index in [1.807, 2.05) is 13.8 Å². The highest BCUT2D eigenvalue weighted by atomic mass is 32.1. The van der Waals surface area contributed by atoms with Crippen LogP contribution in [0.2, 0.25) is 0 Å². The molecule has 7 heteroatoms. The van der Waals surface area contributed by atoms with Crippen molar-refractivity contribution in [2.75, 3.05) is 19.7 Å². The van der Waals surface area contributed by atoms with Crippen LogP contribution in [0.25, 0.3) is 10.2 Å². The molecule has 0 aromatic carbocycles. The molecule has 3 rings (SSSR count). The highest BCUT2D eigenvalue weighted by Gasteiger charge is 2.26. The highest BCUT2D eigenvalue weighted by Crippen LogP contribution is 2.27. The summed E-state index contributed by atoms with van der Waals surface area (Å²) in [6, 6.07) is -0.686. The van der Waals surface area contributed by atoms with Gasteiger partial charge in [-0.1, -0.05) is 13.8 Å². The van der Waals surface area contributed by atoms with Gasteiger partial charge >= 0.3 is 5.97 Å². The molecular formula is C21H31N3O3S. The molecule has 0 saturated carbocycles. The fourth-order valence-corrected chi connectivity index (χ4v) is 4.66. The molecule has 1 saturated heterocycles. The molecule has 1 unspecified atom stereocenters. The number of hydrogen-bond acceptors (Lipinski definition) is 6. The van der Waals surface area contributed by atoms with Crippen LogP contribution >= 0.6 is 11.3 Å². The van der Waals surface area contributed by atoms with Crippen LogP contribution in [0.4, 0.5) is 0 Å². The quantitative estimate of drug-likeness (QED) is 0.655. The lowest BCUT2D eigenvalue weighted by Crippen LogP contribution is -2.35. The minimum Gasteiger partial charge on any atom is -0.464 e. The Morgan fingerprint density at radius 1 is 1.21 bits per heavy atom. The van der Waals surface area contributed by atoms with Gasteiger partial charge in [0.1, 0.15) is 16.7 Å². The Bertz CT molecular complexity index is 910. The summed E-state index contributed by atoms with van der Waals surface area (Å²) < 4.78 is 7.03. The Balaban J connectivity index is 1.99. The van der Waals surface area contributed by atoms with Crippen molar-refractivity contribution in [3.63, 3.8) is 0 Å². The molecule has 1 atom stereocenters. The van der Waals surface area contributed by atoms with E-state index in [4.69, 9.17) is 9.72 Å². The van der Waals surface area contributed by atoms with E-state index in [0.717, 1.165) is 47.6 Å². The van der Waals surface area contributed by atoms with E-state index in [1.54, 1.807) is 22.8 Å². The lowest BCUT2D eigenvalue weighted by molar-refractivity contribution is -0.147. The van der Waals surface area contributed by atoms with Crippen LogP contribution in [0.5, 0.6) is 0 Å². The van der Waals surface area contributed by atoms with Crippen molar-refractivity contribution in [2.45, 2.75) is 66.5 Å². The van der Waals surface area contributed by atoms with Crippen molar-refractivity contribution in [1.29, 1.82) is 0 Å². The van der Waals surface area contributed by atoms with Gasteiger partial charge in [0.2, 0.25) is 0 Å². The number of likely N-dealkylation sites (tertiary alicyclic amines) is 1. The lowest BCUT2D eigenvalue weighted by atomic mass is 10.1. The monoisotopic (exact) mass is 405 g/mol. The van der Waals surface area contributed by atoms with Crippen LogP contribution in [-0.4, -0.2) is 40.1 Å². The van der Waals surface area contributed by atoms with Crippen LogP contribution in [-0.2, 0) is 16.1 Å². The van der Waals surface area contributed by atoms with Gasteiger partial charge in [0, 0.05) is 4.88 Å². The Hall–Kier alpha value is -1.73. The minimum absolute atomic E-state index is 0.130. The first-order valence-electron chi connectivity index (χ1n) is 10.2. The predicted octanol–water partition coefficient (Wildman–Crippen LogP) is 3.82. The summed E-state index contributed by atoms with van der Waals surface area (Å²) in [5, 5.41) is 0.634. The van der Waals surface area contributed by atoms with Crippen LogP contribution in [0.3, 0.4) is 0 Å². The second-order valence-electron chi connectivity index (χ2n) is 8.18. The van der Waals surface area contributed by atoms with E-state index in [-0.39, 0.29) is 11.5 Å². The number of aromatic nitrogens is 2. The minimum atomic E-state index is -0.686. The van der Waals surface area contributed by atoms with Gasteiger partial charge in [-0.15, -0.1) is 11.3 Å². The Morgan fingerprint density at radius 3 is 2.54 bits per heavy atom. The van der Waals surface area contributed by atoms with Crippen LogP contribution in [0.1, 0.15) is 62.3 Å². The summed E-state index contributed by atoms with van der Waals surface area (Å²) in [4.78, 5) is 35.0. The number of nitrogens with zero attached hydrogens (tertiary/aromatic N) is 3. The van der Waals surface area contributed by atoms with Crippen molar-refractivity contribution in [3.8, 4) is 0 Å². The molecule has 0 spiro atoms. The number of aryl methyl sites for hydroxylation is 2. The van der Waals surface area contributed by atoms with E-state index in [9.17, 15) is 9.59 Å². The number of hydrogen-bond donors (Lipinski definition) is 0. The number of carbonyl (C=O) groups is 1. The van der Waals surface area contributed by atoms with Gasteiger partial charge in [-0.05, 0) is 64.6 Å². The molecule has 0 radical (unpaired) electrons. The van der Waals surface area contributed by atoms with E-state index in [0.29, 0.717) is 30.3 Å². The molecule has 28 heavy (non-hydrogen) atoms. The first kappa shape index (κ1) is 21.0. The van der Waals surface area contributed by atoms with E-state index in [1.165, 1.54) is 0 Å². The fraction of sp³-hybridized carbons (Fsp3) is 0.667. The van der Waals surface area contributed by atoms with Gasteiger partial charge < -0.3 is 4.74 Å². The summed E-state index contributed by atoms with van der Waals surface area (Å²) in [7, 11) is 0. The zero-order chi connectivity index (χ0) is 20.4. The largest absolute Gasteiger partial charge is 0.464 e. The number of rotatable bonds is 7. The molecule has 3 heterocycles. The highest BCUT2D eigenvalue weighted by molar-refractivity contribution is 7.18. The molecule has 2 aromatic heterocycles. The molecule has 0 amide bonds. The van der Waals surface area contributed by atoms with E-state index in [2.05, 4.69) is 18.7 Å². The second kappa shape index (κ2) is 8.74. The standard InChI is InChI=1S/C21H31N3O3S/c1-13(2)8-11-27-21(26)15(4)24-17(12-23-9-6-7-10-23)22-19-18(20(24)25)14(3)16(5)28-19/h13,15H,6-12H2,1-5H3. The molecule has 1 aliphatic heterocycles. The van der Waals surface area contributed by atoms with Crippen molar-refractivity contribution in [1.82, 2.24) is 14.5 Å². The molecule has 154 valence electrons. The molecule has 0 bridgehead atoms. The van der Waals surface area contributed by atoms with Crippen molar-refractivity contribution in [3.05, 3.63) is 26.6 Å². The normalized spacial score (nSPS) is 16.2. The van der Waals surface area contributed by atoms with Gasteiger partial charge in [0.05, 0.1) is 18.5 Å². The van der Waals surface area contributed by atoms with Gasteiger partial charge in [-0.3, -0.25) is 14.3 Å². The Labute approximate surface area is 170 Å². The molecule has 6 nitrogen and oxygen atoms in total. The zero-order valence-corrected chi connectivity index (χ0v) is 18.4. The topological polar surface area (TPSA) is 64.4 Å². The maximum atomic E-state index is 13.4. The third kappa shape index (κ3) is 4.30. The van der Waals surface area contributed by atoms with Crippen LogP contribution < -0.4 is 5.56 Å². The number of ether oxygens (including phenoxy) is 1. The van der Waals surface area contributed by atoms with Gasteiger partial charge in [-0.2, -0.15) is 0 Å². The summed E-state index contributed by atoms with van der Waals surface area (Å²) in [5.74, 6) is 0.760. The summed E-state index contributed by atoms with van der Waals surface area (Å²) >= 11 is 1.55. The average Bonchev–Trinajstić information content (AvgIpc) is 3.22. The van der Waals surface area contributed by atoms with Gasteiger partial charge in [-0.25, -0.2) is 9.78 Å². The van der Waals surface area contributed by atoms with E-state index >= 15 is 0 Å². The third-order valence-electron chi connectivity index (χ3n) is 5.54. The molecule has 2 aromatic rings. The smallest absolute Gasteiger partial charge is 0.329 e. The fourth-order valence-electron chi connectivity index (χ4n) is 3.62. The molecule has 1 fully saturated rings. The predicted molar refractivity (Wildman–Crippen MR) is 113 cm³/mol. The average molecular weight is 406 g/mol.